The van der Waals surface area contributed by atoms with E-state index in [1.165, 1.54) is 4.90 Å². The van der Waals surface area contributed by atoms with E-state index in [1.54, 1.807) is 11.8 Å². The molecule has 2 rings (SSSR count). The molecule has 1 heterocycles. The van der Waals surface area contributed by atoms with Crippen molar-refractivity contribution in [1.29, 1.82) is 0 Å². The summed E-state index contributed by atoms with van der Waals surface area (Å²) in [5, 5.41) is 14.2. The van der Waals surface area contributed by atoms with Crippen LogP contribution in [0.15, 0.2) is 35.2 Å². The second-order valence-electron chi connectivity index (χ2n) is 13.8. The molecule has 14 heteroatoms. The molecular formula is C39H75N7O6S. The van der Waals surface area contributed by atoms with Crippen LogP contribution in [-0.4, -0.2) is 112 Å². The molecular weight excluding hydrogens is 695 g/mol. The first-order chi connectivity index (χ1) is 24.7. The highest BCUT2D eigenvalue weighted by Gasteiger charge is 2.34. The first-order valence-electron chi connectivity index (χ1n) is 18.1. The SMILES string of the molecule is C.C=O.CC(C)C.CNC(C)(C)C.CNC(CCC=O)NC(CSc1ccccc1)C(C=O)N1CCCC1C.NCCCCC(C=O)NC(=O)NC=O. The number of thioether (sulfide) groups is 1. The fourth-order valence-electron chi connectivity index (χ4n) is 4.50. The number of hydrogen-bond acceptors (Lipinski definition) is 12. The summed E-state index contributed by atoms with van der Waals surface area (Å²) in [6.07, 6.45) is 8.57. The molecule has 5 atom stereocenters. The van der Waals surface area contributed by atoms with Crippen molar-refractivity contribution in [3.8, 4) is 0 Å². The normalized spacial score (nSPS) is 15.6. The van der Waals surface area contributed by atoms with Crippen LogP contribution < -0.4 is 32.3 Å². The molecule has 308 valence electrons. The second kappa shape index (κ2) is 37.3. The van der Waals surface area contributed by atoms with Gasteiger partial charge in [0.1, 0.15) is 25.6 Å². The molecule has 1 fully saturated rings. The Kier molecular flexibility index (Phi) is 39.9. The second-order valence-corrected chi connectivity index (χ2v) is 14.9. The molecule has 1 aromatic carbocycles. The number of unbranched alkanes of at least 4 members (excludes halogenated alkanes) is 1. The Balaban J connectivity index is -0.000000373. The Hall–Kier alpha value is -3.01. The van der Waals surface area contributed by atoms with Gasteiger partial charge in [-0.25, -0.2) is 4.79 Å². The molecule has 1 saturated heterocycles. The summed E-state index contributed by atoms with van der Waals surface area (Å²) in [6, 6.07) is 9.34. The van der Waals surface area contributed by atoms with E-state index < -0.39 is 12.1 Å². The summed E-state index contributed by atoms with van der Waals surface area (Å²) in [5.41, 5.74) is 5.56. The number of nitrogens with zero attached hydrogens (tertiary/aromatic N) is 1. The lowest BCUT2D eigenvalue weighted by atomic mass is 10.1. The number of carbonyl (C=O) groups excluding carboxylic acids is 6. The molecule has 1 aliphatic rings. The van der Waals surface area contributed by atoms with E-state index in [0.717, 1.165) is 56.5 Å². The van der Waals surface area contributed by atoms with Crippen LogP contribution in [0.1, 0.15) is 101 Å². The average Bonchev–Trinajstić information content (AvgIpc) is 3.55. The number of nitrogens with two attached hydrogens (primary N) is 1. The summed E-state index contributed by atoms with van der Waals surface area (Å²) < 4.78 is 0. The highest BCUT2D eigenvalue weighted by molar-refractivity contribution is 7.99. The number of nitrogens with one attached hydrogen (secondary N) is 5. The topological polar surface area (TPSA) is 192 Å². The monoisotopic (exact) mass is 770 g/mol. The fourth-order valence-corrected chi connectivity index (χ4v) is 5.52. The molecule has 1 aromatic rings. The van der Waals surface area contributed by atoms with Gasteiger partial charge in [-0.1, -0.05) is 46.4 Å². The fraction of sp³-hybridized carbons (Fsp3) is 0.692. The molecule has 0 bridgehead atoms. The number of urea groups is 1. The molecule has 53 heavy (non-hydrogen) atoms. The Labute approximate surface area is 325 Å². The quantitative estimate of drug-likeness (QED) is 0.0498. The van der Waals surface area contributed by atoms with E-state index in [0.29, 0.717) is 43.7 Å². The van der Waals surface area contributed by atoms with Gasteiger partial charge in [0.2, 0.25) is 6.41 Å². The molecule has 0 spiro atoms. The third kappa shape index (κ3) is 33.3. The minimum atomic E-state index is -0.662. The zero-order valence-electron chi connectivity index (χ0n) is 33.3. The number of imide groups is 1. The standard InChI is InChI=1S/C20H31N3O2S.C8H15N3O3.C5H13N.C4H10.CH2O.CH4/c1-16-8-6-12-23(16)19(14-25)18(22-20(21-2)11-7-13-24)15-26-17-9-4-3-5-10-17;9-4-2-1-3-7(5-12)11-8(14)10-6-13;1-5(2,3)6-4;1-4(2)3;1-2;/h3-5,9-10,13-14,16,18-22H,6-8,11-12,15H2,1-2H3;5-7H,1-4,9H2,(H2,10,11,13,14);6H,1-4H3;4H,1-3H3;1H2;1H4. The lowest BCUT2D eigenvalue weighted by molar-refractivity contribution is -0.114. The van der Waals surface area contributed by atoms with Crippen LogP contribution in [-0.2, 0) is 24.0 Å². The Bertz CT molecular complexity index is 1030. The number of aldehydes is 3. The molecule has 1 aliphatic heterocycles. The maximum absolute atomic E-state index is 12.0. The van der Waals surface area contributed by atoms with Crippen LogP contribution in [0.5, 0.6) is 0 Å². The van der Waals surface area contributed by atoms with Crippen molar-refractivity contribution < 1.29 is 28.8 Å². The number of carbonyl (C=O) groups is 6. The van der Waals surface area contributed by atoms with Crippen LogP contribution in [0, 0.1) is 5.92 Å². The van der Waals surface area contributed by atoms with Crippen molar-refractivity contribution in [2.45, 2.75) is 142 Å². The predicted octanol–water partition coefficient (Wildman–Crippen LogP) is 4.57. The zero-order chi connectivity index (χ0) is 40.4. The molecule has 5 unspecified atom stereocenters. The number of likely N-dealkylation sites (tertiary alicyclic amines) is 1. The van der Waals surface area contributed by atoms with Gasteiger partial charge in [0, 0.05) is 34.7 Å². The summed E-state index contributed by atoms with van der Waals surface area (Å²) >= 11 is 1.76. The summed E-state index contributed by atoms with van der Waals surface area (Å²) in [6.45, 7) is 18.6. The largest absolute Gasteiger partial charge is 0.330 e. The molecule has 0 aromatic heterocycles. The van der Waals surface area contributed by atoms with Crippen molar-refractivity contribution in [2.75, 3.05) is 32.9 Å². The third-order valence-corrected chi connectivity index (χ3v) is 8.57. The van der Waals surface area contributed by atoms with Gasteiger partial charge in [-0.15, -0.1) is 11.8 Å². The van der Waals surface area contributed by atoms with Gasteiger partial charge < -0.3 is 40.9 Å². The zero-order valence-corrected chi connectivity index (χ0v) is 34.1. The highest BCUT2D eigenvalue weighted by Crippen LogP contribution is 2.24. The van der Waals surface area contributed by atoms with Crippen molar-refractivity contribution in [3.63, 3.8) is 0 Å². The molecule has 0 saturated carbocycles. The third-order valence-electron chi connectivity index (χ3n) is 7.44. The lowest BCUT2D eigenvalue weighted by Crippen LogP contribution is -2.58. The maximum Gasteiger partial charge on any atom is 0.321 e. The number of hydrogen-bond donors (Lipinski definition) is 6. The minimum Gasteiger partial charge on any atom is -0.330 e. The van der Waals surface area contributed by atoms with E-state index in [1.807, 2.05) is 44.4 Å². The van der Waals surface area contributed by atoms with Gasteiger partial charge in [0.05, 0.1) is 18.2 Å². The van der Waals surface area contributed by atoms with Gasteiger partial charge in [0.25, 0.3) is 0 Å². The van der Waals surface area contributed by atoms with Crippen LogP contribution in [0.3, 0.4) is 0 Å². The summed E-state index contributed by atoms with van der Waals surface area (Å²) in [7, 11) is 3.85. The van der Waals surface area contributed by atoms with Crippen molar-refractivity contribution in [3.05, 3.63) is 30.3 Å². The lowest BCUT2D eigenvalue weighted by Gasteiger charge is -2.36. The van der Waals surface area contributed by atoms with Gasteiger partial charge >= 0.3 is 6.03 Å². The van der Waals surface area contributed by atoms with Crippen LogP contribution in [0.2, 0.25) is 0 Å². The molecule has 0 radical (unpaired) electrons. The van der Waals surface area contributed by atoms with Gasteiger partial charge in [-0.3, -0.25) is 20.3 Å². The van der Waals surface area contributed by atoms with Gasteiger partial charge in [-0.05, 0) is 111 Å². The Morgan fingerprint density at radius 2 is 1.60 bits per heavy atom. The van der Waals surface area contributed by atoms with E-state index in [4.69, 9.17) is 10.5 Å². The van der Waals surface area contributed by atoms with Crippen LogP contribution in [0.25, 0.3) is 0 Å². The average molecular weight is 770 g/mol. The minimum absolute atomic E-state index is 0. The van der Waals surface area contributed by atoms with Crippen LogP contribution >= 0.6 is 11.8 Å². The van der Waals surface area contributed by atoms with E-state index in [-0.39, 0.29) is 32.1 Å². The number of benzene rings is 1. The van der Waals surface area contributed by atoms with E-state index in [2.05, 4.69) is 86.8 Å². The smallest absolute Gasteiger partial charge is 0.321 e. The highest BCUT2D eigenvalue weighted by atomic mass is 32.2. The Morgan fingerprint density at radius 3 is 2.02 bits per heavy atom. The van der Waals surface area contributed by atoms with Gasteiger partial charge in [0.15, 0.2) is 0 Å². The maximum atomic E-state index is 12.0. The Morgan fingerprint density at radius 1 is 1.02 bits per heavy atom. The van der Waals surface area contributed by atoms with E-state index in [9.17, 15) is 24.0 Å². The first-order valence-corrected chi connectivity index (χ1v) is 19.1. The predicted molar refractivity (Wildman–Crippen MR) is 221 cm³/mol. The summed E-state index contributed by atoms with van der Waals surface area (Å²) in [4.78, 5) is 65.4. The summed E-state index contributed by atoms with van der Waals surface area (Å²) in [5.74, 6) is 1.63. The molecule has 13 nitrogen and oxygen atoms in total. The number of rotatable bonds is 19. The first kappa shape index (κ1) is 56.7. The van der Waals surface area contributed by atoms with Crippen molar-refractivity contribution in [2.24, 2.45) is 11.7 Å². The van der Waals surface area contributed by atoms with Crippen LogP contribution in [0.4, 0.5) is 4.79 Å². The molecule has 0 aliphatic carbocycles. The number of amides is 3. The van der Waals surface area contributed by atoms with Gasteiger partial charge in [-0.2, -0.15) is 0 Å². The van der Waals surface area contributed by atoms with Crippen molar-refractivity contribution >= 4 is 49.9 Å². The van der Waals surface area contributed by atoms with E-state index >= 15 is 0 Å². The molecule has 7 N–H and O–H groups in total. The van der Waals surface area contributed by atoms with Crippen molar-refractivity contribution in [1.82, 2.24) is 31.5 Å². The molecule has 3 amide bonds.